The van der Waals surface area contributed by atoms with Crippen LogP contribution in [0.2, 0.25) is 0 Å². The Hall–Kier alpha value is -1.61. The third-order valence-corrected chi connectivity index (χ3v) is 17.6. The zero-order valence-corrected chi connectivity index (χ0v) is 56.0. The number of unbranched alkanes of at least 4 members (excludes halogenated alkanes) is 30. The Bertz CT molecular complexity index is 1680. The summed E-state index contributed by atoms with van der Waals surface area (Å²) in [5.41, 5.74) is 0. The van der Waals surface area contributed by atoms with Gasteiger partial charge in [-0.2, -0.15) is 0 Å². The van der Waals surface area contributed by atoms with Gasteiger partial charge in [0.15, 0.2) is 12.6 Å². The molecule has 19 heteroatoms. The molecule has 2 unspecified atom stereocenters. The van der Waals surface area contributed by atoms with Crippen molar-refractivity contribution in [3.8, 4) is 0 Å². The number of phosphoric acid groups is 1. The summed E-state index contributed by atoms with van der Waals surface area (Å²) >= 11 is 0. The maximum absolute atomic E-state index is 14.0. The van der Waals surface area contributed by atoms with Crippen molar-refractivity contribution in [3.05, 3.63) is 12.2 Å². The number of nitrogens with one attached hydrogen (secondary N) is 2. The Kier molecular flexibility index (Phi) is 49.6. The SMILES string of the molecule is CCCCCC/C=C\CCCCCCCCCC(=O)N[C@H]1[C@H](OC[C@H]2O[C@H](OP(=O)(O)O)[C@H](NC(=O)CC(CCCCCCCCCCC)OC)[C@@H](OCCCCCCCCCC)[C@@H]2O)O[C@H](CCO)[C@@H](O)[C@@H]1OCCC(CCCCCCC)OC. The van der Waals surface area contributed by atoms with Gasteiger partial charge in [0.2, 0.25) is 11.8 Å². The Morgan fingerprint density at radius 2 is 0.919 bits per heavy atom. The van der Waals surface area contributed by atoms with Crippen molar-refractivity contribution in [1.29, 1.82) is 0 Å². The number of allylic oxidation sites excluding steroid dienone is 2. The van der Waals surface area contributed by atoms with Gasteiger partial charge in [-0.3, -0.25) is 14.1 Å². The molecule has 0 aliphatic carbocycles. The molecule has 12 atom stereocenters. The maximum Gasteiger partial charge on any atom is 0.472 e. The van der Waals surface area contributed by atoms with E-state index in [1.807, 2.05) is 0 Å². The second-order valence-electron chi connectivity index (χ2n) is 24.7. The lowest BCUT2D eigenvalue weighted by Crippen LogP contribution is -2.67. The largest absolute Gasteiger partial charge is 0.472 e. The van der Waals surface area contributed by atoms with Gasteiger partial charge in [0.25, 0.3) is 0 Å². The van der Waals surface area contributed by atoms with E-state index in [1.54, 1.807) is 14.2 Å². The summed E-state index contributed by atoms with van der Waals surface area (Å²) in [6, 6.07) is -2.45. The number of ether oxygens (including phenoxy) is 7. The highest BCUT2D eigenvalue weighted by atomic mass is 31.2. The Labute approximate surface area is 522 Å². The number of methoxy groups -OCH3 is 2. The van der Waals surface area contributed by atoms with Gasteiger partial charge in [-0.15, -0.1) is 0 Å². The lowest BCUT2D eigenvalue weighted by Gasteiger charge is -2.47. The molecule has 18 nitrogen and oxygen atoms in total. The first-order valence-corrected chi connectivity index (χ1v) is 36.5. The van der Waals surface area contributed by atoms with E-state index in [9.17, 15) is 39.3 Å². The third-order valence-electron chi connectivity index (χ3n) is 17.1. The van der Waals surface area contributed by atoms with Crippen molar-refractivity contribution in [3.63, 3.8) is 0 Å². The van der Waals surface area contributed by atoms with E-state index in [1.165, 1.54) is 96.3 Å². The van der Waals surface area contributed by atoms with Crippen molar-refractivity contribution >= 4 is 19.6 Å². The Morgan fingerprint density at radius 1 is 0.500 bits per heavy atom. The molecule has 508 valence electrons. The van der Waals surface area contributed by atoms with Crippen LogP contribution in [0.15, 0.2) is 12.2 Å². The molecule has 0 saturated carbocycles. The molecule has 0 aromatic heterocycles. The van der Waals surface area contributed by atoms with Crippen LogP contribution in [0.1, 0.15) is 291 Å². The number of phosphoric ester groups is 1. The molecule has 0 aromatic rings. The van der Waals surface area contributed by atoms with Gasteiger partial charge in [-0.05, 0) is 64.2 Å². The molecule has 0 spiro atoms. The average Bonchev–Trinajstić information content (AvgIpc) is 2.21. The summed E-state index contributed by atoms with van der Waals surface area (Å²) in [5, 5.41) is 40.3. The molecule has 0 bridgehead atoms. The smallest absolute Gasteiger partial charge is 0.396 e. The van der Waals surface area contributed by atoms with Gasteiger partial charge >= 0.3 is 7.82 Å². The summed E-state index contributed by atoms with van der Waals surface area (Å²) in [6.45, 7) is 8.35. The van der Waals surface area contributed by atoms with E-state index in [2.05, 4.69) is 50.5 Å². The second kappa shape index (κ2) is 53.0. The van der Waals surface area contributed by atoms with Crippen molar-refractivity contribution in [2.75, 3.05) is 40.6 Å². The molecule has 2 aliphatic heterocycles. The molecular weight excluding hydrogens is 1120 g/mol. The van der Waals surface area contributed by atoms with Crippen LogP contribution in [0.5, 0.6) is 0 Å². The summed E-state index contributed by atoms with van der Waals surface area (Å²) < 4.78 is 61.6. The van der Waals surface area contributed by atoms with E-state index < -0.39 is 87.7 Å². The number of hydrogen-bond acceptors (Lipinski definition) is 14. The van der Waals surface area contributed by atoms with Crippen LogP contribution in [-0.2, 0) is 51.8 Å². The third kappa shape index (κ3) is 38.3. The van der Waals surface area contributed by atoms with Crippen molar-refractivity contribution in [2.24, 2.45) is 0 Å². The Balaban J connectivity index is 2.35. The van der Waals surface area contributed by atoms with Crippen LogP contribution in [0.4, 0.5) is 0 Å². The van der Waals surface area contributed by atoms with E-state index in [-0.39, 0.29) is 51.1 Å². The number of hydrogen-bond donors (Lipinski definition) is 7. The molecule has 2 rings (SSSR count). The predicted octanol–water partition coefficient (Wildman–Crippen LogP) is 13.7. The fourth-order valence-corrected chi connectivity index (χ4v) is 12.2. The van der Waals surface area contributed by atoms with Crippen LogP contribution < -0.4 is 10.6 Å². The number of rotatable bonds is 58. The lowest BCUT2D eigenvalue weighted by molar-refractivity contribution is -0.300. The summed E-state index contributed by atoms with van der Waals surface area (Å²) in [4.78, 5) is 48.5. The van der Waals surface area contributed by atoms with Gasteiger partial charge in [0, 0.05) is 40.5 Å². The molecule has 0 radical (unpaired) electrons. The van der Waals surface area contributed by atoms with E-state index in [0.717, 1.165) is 122 Å². The monoisotopic (exact) mass is 1250 g/mol. The molecule has 2 aliphatic rings. The summed E-state index contributed by atoms with van der Waals surface area (Å²) in [6.07, 6.45) is 34.3. The fraction of sp³-hybridized carbons (Fsp3) is 0.940. The van der Waals surface area contributed by atoms with Crippen molar-refractivity contribution < 1.29 is 76.9 Å². The van der Waals surface area contributed by atoms with Crippen LogP contribution in [0.25, 0.3) is 0 Å². The molecule has 2 amide bonds. The quantitative estimate of drug-likeness (QED) is 0.0170. The minimum Gasteiger partial charge on any atom is -0.396 e. The van der Waals surface area contributed by atoms with E-state index in [4.69, 9.17) is 37.7 Å². The van der Waals surface area contributed by atoms with Crippen molar-refractivity contribution in [2.45, 2.75) is 364 Å². The first-order chi connectivity index (χ1) is 41.8. The van der Waals surface area contributed by atoms with Crippen LogP contribution in [-0.4, -0.2) is 151 Å². The highest BCUT2D eigenvalue weighted by Crippen LogP contribution is 2.41. The molecule has 7 N–H and O–H groups in total. The number of carbonyl (C=O) groups excluding carboxylic acids is 2. The van der Waals surface area contributed by atoms with Crippen LogP contribution in [0.3, 0.4) is 0 Å². The standard InChI is InChI=1S/C67H129N2O16P/c1-7-11-15-19-22-25-26-27-28-29-30-32-34-38-42-46-58(71)68-60-64(81-51-48-54(78-5)44-40-36-18-14-10-4)62(73)56(47-49-70)83-66(60)82-53-57-63(74)65(80-50-43-39-35-24-21-17-13-9-3)61(67(84-57)85-86(75,76)77)69-59(72)52-55(79-6)45-41-37-33-31-23-20-16-12-8-2/h25-26,54-57,60-67,70,73-74H,7-24,27-53H2,1-6H3,(H,68,71)(H,69,72)(H2,75,76,77)/b26-25-/t54?,55?,56-,57-,60-,61-,62-,63-,64-,65-,66-,67-/m1/s1. The van der Waals surface area contributed by atoms with Gasteiger partial charge < -0.3 is 68.9 Å². The van der Waals surface area contributed by atoms with E-state index in [0.29, 0.717) is 25.7 Å². The van der Waals surface area contributed by atoms with Gasteiger partial charge in [-0.1, -0.05) is 226 Å². The fourth-order valence-electron chi connectivity index (χ4n) is 11.8. The predicted molar refractivity (Wildman–Crippen MR) is 342 cm³/mol. The minimum absolute atomic E-state index is 0.00966. The van der Waals surface area contributed by atoms with Gasteiger partial charge in [0.05, 0.1) is 31.3 Å². The molecule has 86 heavy (non-hydrogen) atoms. The number of aliphatic hydroxyl groups is 3. The highest BCUT2D eigenvalue weighted by Gasteiger charge is 2.52. The van der Waals surface area contributed by atoms with Crippen LogP contribution >= 0.6 is 7.82 Å². The maximum atomic E-state index is 14.0. The first-order valence-electron chi connectivity index (χ1n) is 34.9. The molecule has 2 heterocycles. The number of aliphatic hydroxyl groups excluding tert-OH is 3. The topological polar surface area (TPSA) is 250 Å². The zero-order valence-electron chi connectivity index (χ0n) is 55.1. The van der Waals surface area contributed by atoms with Gasteiger partial charge in [0.1, 0.15) is 42.6 Å². The average molecular weight is 1250 g/mol. The van der Waals surface area contributed by atoms with Gasteiger partial charge in [-0.25, -0.2) is 4.57 Å². The molecular formula is C67H129N2O16P. The van der Waals surface area contributed by atoms with Crippen LogP contribution in [0, 0.1) is 0 Å². The summed E-state index contributed by atoms with van der Waals surface area (Å²) in [7, 11) is -2.07. The minimum atomic E-state index is -5.30. The van der Waals surface area contributed by atoms with E-state index >= 15 is 0 Å². The number of amides is 2. The second-order valence-corrected chi connectivity index (χ2v) is 25.9. The molecule has 2 saturated heterocycles. The summed E-state index contributed by atoms with van der Waals surface area (Å²) in [5.74, 6) is -0.791. The first kappa shape index (κ1) is 80.5. The van der Waals surface area contributed by atoms with Crippen molar-refractivity contribution in [1.82, 2.24) is 10.6 Å². The number of carbonyl (C=O) groups is 2. The molecule has 0 aromatic carbocycles. The highest BCUT2D eigenvalue weighted by molar-refractivity contribution is 7.46. The zero-order chi connectivity index (χ0) is 62.9. The Morgan fingerprint density at radius 3 is 1.43 bits per heavy atom. The normalized spacial score (nSPS) is 23.5. The molecule has 2 fully saturated rings. The lowest BCUT2D eigenvalue weighted by atomic mass is 9.94.